The van der Waals surface area contributed by atoms with Gasteiger partial charge in [-0.2, -0.15) is 4.98 Å². The summed E-state index contributed by atoms with van der Waals surface area (Å²) in [5, 5.41) is 15.5. The number of aliphatic carboxylic acids is 1. The number of carboxylic acids is 1. The van der Waals surface area contributed by atoms with E-state index in [4.69, 9.17) is 9.63 Å². The molecule has 1 aromatic carbocycles. The number of hydrogen-bond acceptors (Lipinski definition) is 6. The van der Waals surface area contributed by atoms with E-state index in [1.165, 1.54) is 11.8 Å². The summed E-state index contributed by atoms with van der Waals surface area (Å²) in [5.74, 6) is 0.942. The Morgan fingerprint density at radius 3 is 2.74 bits per heavy atom. The zero-order chi connectivity index (χ0) is 19.9. The fourth-order valence-electron chi connectivity index (χ4n) is 2.28. The fourth-order valence-corrected chi connectivity index (χ4v) is 2.97. The Morgan fingerprint density at radius 1 is 1.30 bits per heavy atom. The molecular weight excluding hydrogens is 366 g/mol. The van der Waals surface area contributed by atoms with Crippen LogP contribution in [0.1, 0.15) is 50.9 Å². The lowest BCUT2D eigenvalue weighted by atomic mass is 9.96. The van der Waals surface area contributed by atoms with Gasteiger partial charge in [-0.25, -0.2) is 0 Å². The van der Waals surface area contributed by atoms with E-state index in [9.17, 15) is 9.59 Å². The first-order valence-corrected chi connectivity index (χ1v) is 9.91. The largest absolute Gasteiger partial charge is 0.481 e. The van der Waals surface area contributed by atoms with Crippen molar-refractivity contribution >= 4 is 29.3 Å². The van der Waals surface area contributed by atoms with Crippen molar-refractivity contribution in [1.82, 2.24) is 10.1 Å². The van der Waals surface area contributed by atoms with E-state index in [0.29, 0.717) is 42.4 Å². The first-order chi connectivity index (χ1) is 12.7. The Labute approximate surface area is 162 Å². The molecule has 0 spiro atoms. The van der Waals surface area contributed by atoms with Crippen molar-refractivity contribution in [3.8, 4) is 0 Å². The molecule has 0 radical (unpaired) electrons. The van der Waals surface area contributed by atoms with Gasteiger partial charge in [0, 0.05) is 29.7 Å². The van der Waals surface area contributed by atoms with Gasteiger partial charge in [-0.15, -0.1) is 11.8 Å². The van der Waals surface area contributed by atoms with Gasteiger partial charge in [0.25, 0.3) is 0 Å². The molecule has 7 nitrogen and oxygen atoms in total. The quantitative estimate of drug-likeness (QED) is 0.672. The summed E-state index contributed by atoms with van der Waals surface area (Å²) in [6.45, 7) is 6.05. The van der Waals surface area contributed by atoms with E-state index in [1.807, 2.05) is 45.0 Å². The zero-order valence-corrected chi connectivity index (χ0v) is 16.6. The summed E-state index contributed by atoms with van der Waals surface area (Å²) in [4.78, 5) is 27.0. The number of aryl methyl sites for hydroxylation is 1. The minimum atomic E-state index is -0.833. The highest BCUT2D eigenvalue weighted by molar-refractivity contribution is 7.99. The lowest BCUT2D eigenvalue weighted by Crippen LogP contribution is -2.13. The van der Waals surface area contributed by atoms with Crippen LogP contribution in [-0.4, -0.2) is 32.9 Å². The number of thioether (sulfide) groups is 1. The van der Waals surface area contributed by atoms with Crippen LogP contribution in [-0.2, 0) is 27.2 Å². The standard InChI is InChI=1S/C19H25N3O4S/c1-19(2,3)18-21-16(26-22-18)9-5-8-15(23)20-14-7-4-6-13(10-14)11-27-12-17(24)25/h4,6-7,10H,5,8-9,11-12H2,1-3H3,(H,20,23)(H,24,25). The van der Waals surface area contributed by atoms with Gasteiger partial charge in [0.15, 0.2) is 5.82 Å². The molecule has 1 heterocycles. The SMILES string of the molecule is CC(C)(C)c1noc(CCCC(=O)Nc2cccc(CSCC(=O)O)c2)n1. The van der Waals surface area contributed by atoms with E-state index in [1.54, 1.807) is 0 Å². The summed E-state index contributed by atoms with van der Waals surface area (Å²) >= 11 is 1.32. The highest BCUT2D eigenvalue weighted by Gasteiger charge is 2.20. The molecule has 2 N–H and O–H groups in total. The van der Waals surface area contributed by atoms with Crippen LogP contribution in [0.25, 0.3) is 0 Å². The number of hydrogen-bond donors (Lipinski definition) is 2. The summed E-state index contributed by atoms with van der Waals surface area (Å²) in [5.41, 5.74) is 1.52. The van der Waals surface area contributed by atoms with Crippen molar-refractivity contribution < 1.29 is 19.2 Å². The number of amides is 1. The van der Waals surface area contributed by atoms with Crippen molar-refractivity contribution in [1.29, 1.82) is 0 Å². The third kappa shape index (κ3) is 7.42. The summed E-state index contributed by atoms with van der Waals surface area (Å²) in [6, 6.07) is 7.43. The van der Waals surface area contributed by atoms with Crippen LogP contribution in [0.3, 0.4) is 0 Å². The first kappa shape index (κ1) is 21.0. The Bertz CT molecular complexity index is 783. The number of carbonyl (C=O) groups is 2. The summed E-state index contributed by atoms with van der Waals surface area (Å²) in [6.07, 6.45) is 1.53. The minimum Gasteiger partial charge on any atom is -0.481 e. The first-order valence-electron chi connectivity index (χ1n) is 8.75. The molecule has 0 bridgehead atoms. The Morgan fingerprint density at radius 2 is 2.07 bits per heavy atom. The highest BCUT2D eigenvalue weighted by Crippen LogP contribution is 2.19. The molecule has 0 aliphatic rings. The van der Waals surface area contributed by atoms with Gasteiger partial charge in [0.2, 0.25) is 11.8 Å². The van der Waals surface area contributed by atoms with Gasteiger partial charge >= 0.3 is 5.97 Å². The van der Waals surface area contributed by atoms with Crippen molar-refractivity contribution in [2.24, 2.45) is 0 Å². The number of nitrogens with one attached hydrogen (secondary N) is 1. The maximum absolute atomic E-state index is 12.1. The molecular formula is C19H25N3O4S. The van der Waals surface area contributed by atoms with Gasteiger partial charge in [0.1, 0.15) is 0 Å². The molecule has 0 saturated carbocycles. The van der Waals surface area contributed by atoms with Crippen LogP contribution in [0.5, 0.6) is 0 Å². The predicted molar refractivity (Wildman–Crippen MR) is 105 cm³/mol. The second kappa shape index (κ2) is 9.55. The van der Waals surface area contributed by atoms with Crippen molar-refractivity contribution in [2.45, 2.75) is 51.2 Å². The van der Waals surface area contributed by atoms with E-state index >= 15 is 0 Å². The maximum Gasteiger partial charge on any atom is 0.313 e. The smallest absolute Gasteiger partial charge is 0.313 e. The third-order valence-electron chi connectivity index (χ3n) is 3.64. The molecule has 1 amide bonds. The van der Waals surface area contributed by atoms with Crippen molar-refractivity contribution in [3.63, 3.8) is 0 Å². The van der Waals surface area contributed by atoms with Crippen LogP contribution < -0.4 is 5.32 Å². The molecule has 0 atom stereocenters. The summed E-state index contributed by atoms with van der Waals surface area (Å²) in [7, 11) is 0. The number of nitrogens with zero attached hydrogens (tertiary/aromatic N) is 2. The minimum absolute atomic E-state index is 0.0587. The zero-order valence-electron chi connectivity index (χ0n) is 15.8. The van der Waals surface area contributed by atoms with Crippen LogP contribution >= 0.6 is 11.8 Å². The second-order valence-electron chi connectivity index (χ2n) is 7.25. The molecule has 0 aliphatic carbocycles. The molecule has 2 aromatic rings. The lowest BCUT2D eigenvalue weighted by molar-refractivity contribution is -0.133. The average molecular weight is 391 g/mol. The number of anilines is 1. The molecule has 146 valence electrons. The second-order valence-corrected chi connectivity index (χ2v) is 8.24. The molecule has 0 saturated heterocycles. The Hall–Kier alpha value is -2.35. The van der Waals surface area contributed by atoms with E-state index in [0.717, 1.165) is 5.56 Å². The van der Waals surface area contributed by atoms with Gasteiger partial charge in [-0.3, -0.25) is 9.59 Å². The number of carbonyl (C=O) groups excluding carboxylic acids is 1. The molecule has 8 heteroatoms. The number of carboxylic acid groups (broad SMARTS) is 1. The predicted octanol–water partition coefficient (Wildman–Crippen LogP) is 3.65. The van der Waals surface area contributed by atoms with Crippen LogP contribution in [0.2, 0.25) is 0 Å². The maximum atomic E-state index is 12.1. The van der Waals surface area contributed by atoms with Crippen LogP contribution in [0.4, 0.5) is 5.69 Å². The molecule has 27 heavy (non-hydrogen) atoms. The third-order valence-corrected chi connectivity index (χ3v) is 4.63. The molecule has 1 aromatic heterocycles. The number of benzene rings is 1. The van der Waals surface area contributed by atoms with Crippen LogP contribution in [0.15, 0.2) is 28.8 Å². The van der Waals surface area contributed by atoms with E-state index in [-0.39, 0.29) is 17.1 Å². The van der Waals surface area contributed by atoms with Crippen molar-refractivity contribution in [3.05, 3.63) is 41.5 Å². The molecule has 0 fully saturated rings. The topological polar surface area (TPSA) is 105 Å². The normalized spacial score (nSPS) is 11.4. The van der Waals surface area contributed by atoms with E-state index in [2.05, 4.69) is 15.5 Å². The molecule has 0 unspecified atom stereocenters. The van der Waals surface area contributed by atoms with Crippen molar-refractivity contribution in [2.75, 3.05) is 11.1 Å². The summed E-state index contributed by atoms with van der Waals surface area (Å²) < 4.78 is 5.22. The number of aromatic nitrogens is 2. The average Bonchev–Trinajstić information content (AvgIpc) is 3.04. The Kier molecular flexibility index (Phi) is 7.41. The van der Waals surface area contributed by atoms with Gasteiger partial charge in [0.05, 0.1) is 5.75 Å². The lowest BCUT2D eigenvalue weighted by Gasteiger charge is -2.10. The van der Waals surface area contributed by atoms with Gasteiger partial charge in [-0.05, 0) is 24.1 Å². The Balaban J connectivity index is 1.77. The van der Waals surface area contributed by atoms with E-state index < -0.39 is 5.97 Å². The fraction of sp³-hybridized carbons (Fsp3) is 0.474. The monoisotopic (exact) mass is 391 g/mol. The molecule has 2 rings (SSSR count). The van der Waals surface area contributed by atoms with Gasteiger partial charge < -0.3 is 14.9 Å². The van der Waals surface area contributed by atoms with Crippen LogP contribution in [0, 0.1) is 0 Å². The molecule has 0 aliphatic heterocycles. The van der Waals surface area contributed by atoms with Gasteiger partial charge in [-0.1, -0.05) is 38.1 Å². The highest BCUT2D eigenvalue weighted by atomic mass is 32.2. The number of rotatable bonds is 9.